The Morgan fingerprint density at radius 2 is 2.06 bits per heavy atom. The van der Waals surface area contributed by atoms with E-state index >= 15 is 0 Å². The Balaban J connectivity index is 2.27. The number of hydrogen-bond acceptors (Lipinski definition) is 4. The molecule has 5 heteroatoms. The molecule has 0 spiro atoms. The van der Waals surface area contributed by atoms with Crippen molar-refractivity contribution in [1.29, 1.82) is 0 Å². The van der Waals surface area contributed by atoms with Crippen LogP contribution < -0.4 is 5.32 Å². The van der Waals surface area contributed by atoms with Gasteiger partial charge in [0.1, 0.15) is 0 Å². The van der Waals surface area contributed by atoms with Crippen molar-refractivity contribution in [2.75, 3.05) is 5.32 Å². The first-order chi connectivity index (χ1) is 8.72. The van der Waals surface area contributed by atoms with E-state index in [9.17, 15) is 4.79 Å². The summed E-state index contributed by atoms with van der Waals surface area (Å²) in [6.45, 7) is 1.68. The van der Waals surface area contributed by atoms with Gasteiger partial charge in [0.15, 0.2) is 0 Å². The lowest BCUT2D eigenvalue weighted by molar-refractivity contribution is 0.103. The predicted octanol–water partition coefficient (Wildman–Crippen LogP) is 3.20. The highest BCUT2D eigenvalue weighted by molar-refractivity contribution is 7.12. The van der Waals surface area contributed by atoms with Crippen LogP contribution in [0.1, 0.15) is 22.2 Å². The van der Waals surface area contributed by atoms with E-state index in [1.165, 1.54) is 11.3 Å². The van der Waals surface area contributed by atoms with Gasteiger partial charge in [-0.1, -0.05) is 29.4 Å². The van der Waals surface area contributed by atoms with Crippen LogP contribution in [0.15, 0.2) is 46.9 Å². The average Bonchev–Trinajstić information content (AvgIpc) is 2.92. The van der Waals surface area contributed by atoms with Gasteiger partial charge in [-0.15, -0.1) is 11.3 Å². The quantitative estimate of drug-likeness (QED) is 0.505. The molecular weight excluding hydrogens is 248 g/mol. The Bertz CT molecular complexity index is 576. The molecule has 0 unspecified atom stereocenters. The Morgan fingerprint density at radius 1 is 1.28 bits per heavy atom. The SMILES string of the molecule is C/C(=N\O)c1ccccc1NC(=O)c1cccs1. The van der Waals surface area contributed by atoms with Gasteiger partial charge in [-0.3, -0.25) is 4.79 Å². The third-order valence-electron chi connectivity index (χ3n) is 2.46. The molecule has 18 heavy (non-hydrogen) atoms. The molecule has 0 aliphatic heterocycles. The van der Waals surface area contributed by atoms with Crippen molar-refractivity contribution in [2.45, 2.75) is 6.92 Å². The van der Waals surface area contributed by atoms with Gasteiger partial charge in [0.2, 0.25) is 0 Å². The molecule has 0 saturated heterocycles. The monoisotopic (exact) mass is 260 g/mol. The van der Waals surface area contributed by atoms with E-state index < -0.39 is 0 Å². The molecule has 92 valence electrons. The number of benzene rings is 1. The van der Waals surface area contributed by atoms with Crippen LogP contribution in [-0.4, -0.2) is 16.8 Å². The molecule has 2 rings (SSSR count). The standard InChI is InChI=1S/C13H12N2O2S/c1-9(15-17)10-5-2-3-6-11(10)14-13(16)12-7-4-8-18-12/h2-8,17H,1H3,(H,14,16)/b15-9+. The van der Waals surface area contributed by atoms with Crippen LogP contribution in [-0.2, 0) is 0 Å². The highest BCUT2D eigenvalue weighted by Crippen LogP contribution is 2.18. The van der Waals surface area contributed by atoms with Crippen molar-refractivity contribution in [1.82, 2.24) is 0 Å². The molecule has 0 atom stereocenters. The number of thiophene rings is 1. The van der Waals surface area contributed by atoms with Gasteiger partial charge >= 0.3 is 0 Å². The Hall–Kier alpha value is -2.14. The summed E-state index contributed by atoms with van der Waals surface area (Å²) in [4.78, 5) is 12.6. The fraction of sp³-hybridized carbons (Fsp3) is 0.0769. The minimum Gasteiger partial charge on any atom is -0.411 e. The second kappa shape index (κ2) is 5.46. The molecule has 1 amide bonds. The van der Waals surface area contributed by atoms with E-state index in [1.807, 2.05) is 23.6 Å². The molecule has 4 nitrogen and oxygen atoms in total. The summed E-state index contributed by atoms with van der Waals surface area (Å²) in [7, 11) is 0. The zero-order chi connectivity index (χ0) is 13.0. The lowest BCUT2D eigenvalue weighted by atomic mass is 10.1. The van der Waals surface area contributed by atoms with Crippen LogP contribution in [0.4, 0.5) is 5.69 Å². The van der Waals surface area contributed by atoms with E-state index in [-0.39, 0.29) is 5.91 Å². The number of carbonyl (C=O) groups is 1. The summed E-state index contributed by atoms with van der Waals surface area (Å²) in [5.74, 6) is -0.164. The molecule has 1 aromatic carbocycles. The van der Waals surface area contributed by atoms with E-state index in [4.69, 9.17) is 5.21 Å². The number of amides is 1. The third kappa shape index (κ3) is 2.57. The number of nitrogens with one attached hydrogen (secondary N) is 1. The van der Waals surface area contributed by atoms with Gasteiger partial charge in [0.05, 0.1) is 16.3 Å². The number of rotatable bonds is 3. The first kappa shape index (κ1) is 12.3. The minimum absolute atomic E-state index is 0.164. The highest BCUT2D eigenvalue weighted by atomic mass is 32.1. The highest BCUT2D eigenvalue weighted by Gasteiger charge is 2.11. The molecule has 0 aliphatic rings. The summed E-state index contributed by atoms with van der Waals surface area (Å²) < 4.78 is 0. The number of hydrogen-bond donors (Lipinski definition) is 2. The summed E-state index contributed by atoms with van der Waals surface area (Å²) in [5.41, 5.74) is 1.79. The Labute approximate surface area is 109 Å². The minimum atomic E-state index is -0.164. The number of carbonyl (C=O) groups excluding carboxylic acids is 1. The van der Waals surface area contributed by atoms with Gasteiger partial charge in [0.25, 0.3) is 5.91 Å². The number of anilines is 1. The van der Waals surface area contributed by atoms with Crippen LogP contribution in [0.2, 0.25) is 0 Å². The number of oxime groups is 1. The van der Waals surface area contributed by atoms with Gasteiger partial charge in [0, 0.05) is 5.56 Å². The van der Waals surface area contributed by atoms with E-state index in [2.05, 4.69) is 10.5 Å². The maximum absolute atomic E-state index is 11.9. The van der Waals surface area contributed by atoms with Crippen LogP contribution in [0, 0.1) is 0 Å². The van der Waals surface area contributed by atoms with Gasteiger partial charge in [-0.25, -0.2) is 0 Å². The summed E-state index contributed by atoms with van der Waals surface area (Å²) in [6, 6.07) is 10.8. The van der Waals surface area contributed by atoms with Gasteiger partial charge < -0.3 is 10.5 Å². The molecule has 0 aliphatic carbocycles. The molecule has 0 bridgehead atoms. The number of para-hydroxylation sites is 1. The molecule has 2 N–H and O–H groups in total. The topological polar surface area (TPSA) is 61.7 Å². The maximum atomic E-state index is 11.9. The number of nitrogens with zero attached hydrogens (tertiary/aromatic N) is 1. The molecular formula is C13H12N2O2S. The molecule has 0 radical (unpaired) electrons. The third-order valence-corrected chi connectivity index (χ3v) is 3.33. The first-order valence-electron chi connectivity index (χ1n) is 5.35. The van der Waals surface area contributed by atoms with Gasteiger partial charge in [-0.2, -0.15) is 0 Å². The zero-order valence-electron chi connectivity index (χ0n) is 9.75. The van der Waals surface area contributed by atoms with Crippen molar-refractivity contribution < 1.29 is 10.0 Å². The fourth-order valence-electron chi connectivity index (χ4n) is 1.55. The van der Waals surface area contributed by atoms with Crippen molar-refractivity contribution in [3.05, 3.63) is 52.2 Å². The normalized spacial score (nSPS) is 11.3. The molecule has 2 aromatic rings. The van der Waals surface area contributed by atoms with Crippen molar-refractivity contribution in [3.63, 3.8) is 0 Å². The lowest BCUT2D eigenvalue weighted by Crippen LogP contribution is -2.13. The Kier molecular flexibility index (Phi) is 3.74. The van der Waals surface area contributed by atoms with E-state index in [1.54, 1.807) is 25.1 Å². The van der Waals surface area contributed by atoms with E-state index in [0.29, 0.717) is 21.8 Å². The first-order valence-corrected chi connectivity index (χ1v) is 6.23. The van der Waals surface area contributed by atoms with E-state index in [0.717, 1.165) is 0 Å². The van der Waals surface area contributed by atoms with Crippen LogP contribution in [0.25, 0.3) is 0 Å². The molecule has 1 aromatic heterocycles. The molecule has 0 fully saturated rings. The molecule has 1 heterocycles. The lowest BCUT2D eigenvalue weighted by Gasteiger charge is -2.09. The second-order valence-electron chi connectivity index (χ2n) is 3.66. The summed E-state index contributed by atoms with van der Waals surface area (Å²) in [6.07, 6.45) is 0. The van der Waals surface area contributed by atoms with Crippen LogP contribution >= 0.6 is 11.3 Å². The largest absolute Gasteiger partial charge is 0.411 e. The van der Waals surface area contributed by atoms with Crippen LogP contribution in [0.3, 0.4) is 0 Å². The second-order valence-corrected chi connectivity index (χ2v) is 4.61. The summed E-state index contributed by atoms with van der Waals surface area (Å²) >= 11 is 1.38. The fourth-order valence-corrected chi connectivity index (χ4v) is 2.17. The Morgan fingerprint density at radius 3 is 2.72 bits per heavy atom. The summed E-state index contributed by atoms with van der Waals surface area (Å²) in [5, 5.41) is 16.6. The van der Waals surface area contributed by atoms with Crippen molar-refractivity contribution in [3.8, 4) is 0 Å². The molecule has 0 saturated carbocycles. The van der Waals surface area contributed by atoms with Crippen LogP contribution in [0.5, 0.6) is 0 Å². The zero-order valence-corrected chi connectivity index (χ0v) is 10.6. The predicted molar refractivity (Wildman–Crippen MR) is 72.7 cm³/mol. The average molecular weight is 260 g/mol. The van der Waals surface area contributed by atoms with Gasteiger partial charge in [-0.05, 0) is 24.4 Å². The van der Waals surface area contributed by atoms with Crippen molar-refractivity contribution >= 4 is 28.6 Å². The van der Waals surface area contributed by atoms with Crippen molar-refractivity contribution in [2.24, 2.45) is 5.16 Å². The smallest absolute Gasteiger partial charge is 0.265 e. The maximum Gasteiger partial charge on any atom is 0.265 e.